The van der Waals surface area contributed by atoms with Crippen LogP contribution in [-0.2, 0) is 9.53 Å². The second-order valence-corrected chi connectivity index (χ2v) is 8.33. The Bertz CT molecular complexity index is 377. The predicted molar refractivity (Wildman–Crippen MR) is 91.9 cm³/mol. The molecule has 3 rings (SSSR count). The standard InChI is InChI=1S/C19H34N2O2/c1-13-3-7-15(8-4-13)18-20-11-17(12-21-18)23-19(22)16-9-5-14(2)6-10-16/h13-18,20-21H,3-12H2,1-2H3. The van der Waals surface area contributed by atoms with Gasteiger partial charge in [-0.15, -0.1) is 0 Å². The van der Waals surface area contributed by atoms with Gasteiger partial charge in [0, 0.05) is 13.1 Å². The van der Waals surface area contributed by atoms with Crippen LogP contribution < -0.4 is 10.6 Å². The lowest BCUT2D eigenvalue weighted by Crippen LogP contribution is -2.59. The lowest BCUT2D eigenvalue weighted by Gasteiger charge is -2.38. The maximum absolute atomic E-state index is 12.3. The van der Waals surface area contributed by atoms with Crippen molar-refractivity contribution in [3.63, 3.8) is 0 Å². The van der Waals surface area contributed by atoms with E-state index in [4.69, 9.17) is 4.74 Å². The van der Waals surface area contributed by atoms with Gasteiger partial charge >= 0.3 is 5.97 Å². The highest BCUT2D eigenvalue weighted by molar-refractivity contribution is 5.72. The SMILES string of the molecule is CC1CCC(C(=O)OC2CNC(C3CCC(C)CC3)NC2)CC1. The van der Waals surface area contributed by atoms with Crippen LogP contribution in [0.5, 0.6) is 0 Å². The minimum Gasteiger partial charge on any atom is -0.459 e. The lowest BCUT2D eigenvalue weighted by atomic mass is 9.81. The van der Waals surface area contributed by atoms with E-state index in [-0.39, 0.29) is 18.0 Å². The van der Waals surface area contributed by atoms with E-state index in [0.29, 0.717) is 6.17 Å². The van der Waals surface area contributed by atoms with E-state index in [0.717, 1.165) is 43.7 Å². The molecule has 0 bridgehead atoms. The maximum atomic E-state index is 12.3. The van der Waals surface area contributed by atoms with E-state index in [1.165, 1.54) is 38.5 Å². The molecule has 4 heteroatoms. The summed E-state index contributed by atoms with van der Waals surface area (Å²) in [6, 6.07) is 0. The Kier molecular flexibility index (Phi) is 5.97. The van der Waals surface area contributed by atoms with Crippen molar-refractivity contribution in [2.75, 3.05) is 13.1 Å². The molecule has 23 heavy (non-hydrogen) atoms. The van der Waals surface area contributed by atoms with Gasteiger partial charge in [-0.3, -0.25) is 15.4 Å². The number of carbonyl (C=O) groups excluding carboxylic acids is 1. The fourth-order valence-electron chi connectivity index (χ4n) is 4.45. The Morgan fingerprint density at radius 2 is 1.35 bits per heavy atom. The van der Waals surface area contributed by atoms with Gasteiger partial charge in [-0.2, -0.15) is 0 Å². The first kappa shape index (κ1) is 17.2. The summed E-state index contributed by atoms with van der Waals surface area (Å²) in [6.45, 7) is 6.25. The summed E-state index contributed by atoms with van der Waals surface area (Å²) < 4.78 is 5.75. The van der Waals surface area contributed by atoms with Crippen molar-refractivity contribution in [2.45, 2.75) is 77.5 Å². The van der Waals surface area contributed by atoms with Gasteiger partial charge in [0.15, 0.2) is 0 Å². The molecular weight excluding hydrogens is 288 g/mol. The Morgan fingerprint density at radius 3 is 1.91 bits per heavy atom. The average Bonchev–Trinajstić information content (AvgIpc) is 2.57. The van der Waals surface area contributed by atoms with Crippen LogP contribution in [-0.4, -0.2) is 31.3 Å². The highest BCUT2D eigenvalue weighted by Gasteiger charge is 2.32. The summed E-state index contributed by atoms with van der Waals surface area (Å²) in [6.07, 6.45) is 10.1. The van der Waals surface area contributed by atoms with E-state index in [1.807, 2.05) is 0 Å². The highest BCUT2D eigenvalue weighted by atomic mass is 16.5. The highest BCUT2D eigenvalue weighted by Crippen LogP contribution is 2.31. The van der Waals surface area contributed by atoms with Crippen LogP contribution in [0.1, 0.15) is 65.2 Å². The van der Waals surface area contributed by atoms with Gasteiger partial charge in [-0.05, 0) is 56.3 Å². The van der Waals surface area contributed by atoms with Gasteiger partial charge < -0.3 is 4.74 Å². The van der Waals surface area contributed by atoms with Crippen LogP contribution in [0.15, 0.2) is 0 Å². The molecule has 0 aromatic heterocycles. The second-order valence-electron chi connectivity index (χ2n) is 8.33. The number of esters is 1. The molecule has 0 unspecified atom stereocenters. The molecule has 1 saturated heterocycles. The Labute approximate surface area is 141 Å². The van der Waals surface area contributed by atoms with Crippen molar-refractivity contribution in [2.24, 2.45) is 23.7 Å². The van der Waals surface area contributed by atoms with Gasteiger partial charge in [0.25, 0.3) is 0 Å². The molecule has 0 spiro atoms. The molecule has 0 aromatic carbocycles. The van der Waals surface area contributed by atoms with E-state index < -0.39 is 0 Å². The quantitative estimate of drug-likeness (QED) is 0.784. The molecule has 4 nitrogen and oxygen atoms in total. The average molecular weight is 322 g/mol. The first-order valence-corrected chi connectivity index (χ1v) is 9.79. The molecule has 0 atom stereocenters. The van der Waals surface area contributed by atoms with Crippen molar-refractivity contribution >= 4 is 5.97 Å². The fraction of sp³-hybridized carbons (Fsp3) is 0.947. The zero-order valence-corrected chi connectivity index (χ0v) is 14.9. The zero-order valence-electron chi connectivity index (χ0n) is 14.9. The number of rotatable bonds is 3. The molecule has 0 amide bonds. The van der Waals surface area contributed by atoms with Crippen molar-refractivity contribution in [1.82, 2.24) is 10.6 Å². The molecule has 1 aliphatic heterocycles. The van der Waals surface area contributed by atoms with Gasteiger partial charge in [0.1, 0.15) is 6.10 Å². The van der Waals surface area contributed by atoms with Gasteiger partial charge in [0.05, 0.1) is 12.1 Å². The summed E-state index contributed by atoms with van der Waals surface area (Å²) >= 11 is 0. The minimum absolute atomic E-state index is 0.000569. The molecule has 1 heterocycles. The van der Waals surface area contributed by atoms with Gasteiger partial charge in [0.2, 0.25) is 0 Å². The second kappa shape index (κ2) is 7.98. The Balaban J connectivity index is 1.38. The van der Waals surface area contributed by atoms with E-state index in [9.17, 15) is 4.79 Å². The van der Waals surface area contributed by atoms with E-state index in [2.05, 4.69) is 24.5 Å². The smallest absolute Gasteiger partial charge is 0.309 e. The molecule has 0 aromatic rings. The molecule has 2 N–H and O–H groups in total. The fourth-order valence-corrected chi connectivity index (χ4v) is 4.45. The molecule has 132 valence electrons. The van der Waals surface area contributed by atoms with Crippen LogP contribution in [0, 0.1) is 23.7 Å². The summed E-state index contributed by atoms with van der Waals surface area (Å²) in [5.41, 5.74) is 0. The molecule has 3 fully saturated rings. The number of hydrogen-bond acceptors (Lipinski definition) is 4. The normalized spacial score (nSPS) is 42.2. The topological polar surface area (TPSA) is 50.4 Å². The Morgan fingerprint density at radius 1 is 0.826 bits per heavy atom. The van der Waals surface area contributed by atoms with Crippen molar-refractivity contribution < 1.29 is 9.53 Å². The third-order valence-corrected chi connectivity index (χ3v) is 6.29. The number of hydrogen-bond donors (Lipinski definition) is 2. The number of nitrogens with one attached hydrogen (secondary N) is 2. The van der Waals surface area contributed by atoms with Crippen LogP contribution in [0.25, 0.3) is 0 Å². The molecule has 0 radical (unpaired) electrons. The predicted octanol–water partition coefficient (Wildman–Crippen LogP) is 3.07. The summed E-state index contributed by atoms with van der Waals surface area (Å²) in [7, 11) is 0. The lowest BCUT2D eigenvalue weighted by molar-refractivity contribution is -0.156. The zero-order chi connectivity index (χ0) is 16.2. The first-order valence-electron chi connectivity index (χ1n) is 9.79. The van der Waals surface area contributed by atoms with Gasteiger partial charge in [-0.1, -0.05) is 26.7 Å². The van der Waals surface area contributed by atoms with E-state index in [1.54, 1.807) is 0 Å². The van der Waals surface area contributed by atoms with Crippen molar-refractivity contribution in [3.8, 4) is 0 Å². The third kappa shape index (κ3) is 4.69. The van der Waals surface area contributed by atoms with Crippen LogP contribution >= 0.6 is 0 Å². The Hall–Kier alpha value is -0.610. The third-order valence-electron chi connectivity index (χ3n) is 6.29. The largest absolute Gasteiger partial charge is 0.459 e. The molecule has 3 aliphatic rings. The monoisotopic (exact) mass is 322 g/mol. The summed E-state index contributed by atoms with van der Waals surface area (Å²) in [4.78, 5) is 12.3. The van der Waals surface area contributed by atoms with Gasteiger partial charge in [-0.25, -0.2) is 0 Å². The number of carbonyl (C=O) groups is 1. The van der Waals surface area contributed by atoms with Crippen LogP contribution in [0.4, 0.5) is 0 Å². The molecule has 2 saturated carbocycles. The van der Waals surface area contributed by atoms with Crippen molar-refractivity contribution in [1.29, 1.82) is 0 Å². The summed E-state index contributed by atoms with van der Waals surface area (Å²) in [5, 5.41) is 7.16. The molecular formula is C19H34N2O2. The number of ether oxygens (including phenoxy) is 1. The summed E-state index contributed by atoms with van der Waals surface area (Å²) in [5.74, 6) is 2.58. The van der Waals surface area contributed by atoms with E-state index >= 15 is 0 Å². The first-order chi connectivity index (χ1) is 11.1. The maximum Gasteiger partial charge on any atom is 0.309 e. The van der Waals surface area contributed by atoms with Crippen LogP contribution in [0.3, 0.4) is 0 Å². The van der Waals surface area contributed by atoms with Crippen LogP contribution in [0.2, 0.25) is 0 Å². The molecule has 2 aliphatic carbocycles. The minimum atomic E-state index is 0.000569. The van der Waals surface area contributed by atoms with Crippen molar-refractivity contribution in [3.05, 3.63) is 0 Å².